The predicted molar refractivity (Wildman–Crippen MR) is 136 cm³/mol. The molecular weight excluding hydrogens is 472 g/mol. The molecule has 6 nitrogen and oxygen atoms in total. The number of ether oxygens (including phenoxy) is 3. The first-order valence-electron chi connectivity index (χ1n) is 10.7. The second-order valence-corrected chi connectivity index (χ2v) is 8.99. The van der Waals surface area contributed by atoms with E-state index >= 15 is 0 Å². The smallest absolute Gasteiger partial charge is 0.274 e. The highest BCUT2D eigenvalue weighted by Crippen LogP contribution is 2.28. The van der Waals surface area contributed by atoms with Gasteiger partial charge in [-0.1, -0.05) is 41.1 Å². The van der Waals surface area contributed by atoms with E-state index in [0.717, 1.165) is 22.3 Å². The molecule has 172 valence electrons. The molecule has 0 N–H and O–H groups in total. The number of aromatic nitrogens is 2. The van der Waals surface area contributed by atoms with E-state index in [2.05, 4.69) is 4.98 Å². The van der Waals surface area contributed by atoms with Crippen molar-refractivity contribution in [1.82, 2.24) is 9.38 Å². The van der Waals surface area contributed by atoms with Crippen LogP contribution in [0.1, 0.15) is 12.0 Å². The Hall–Kier alpha value is -3.55. The first-order chi connectivity index (χ1) is 16.6. The molecule has 0 saturated carbocycles. The monoisotopic (exact) mass is 492 g/mol. The normalized spacial score (nSPS) is 11.9. The summed E-state index contributed by atoms with van der Waals surface area (Å²) in [5.41, 5.74) is 2.41. The van der Waals surface area contributed by atoms with Gasteiger partial charge in [0.25, 0.3) is 5.56 Å². The molecule has 0 aliphatic carbocycles. The average molecular weight is 493 g/mol. The van der Waals surface area contributed by atoms with Crippen LogP contribution >= 0.6 is 22.9 Å². The summed E-state index contributed by atoms with van der Waals surface area (Å²) in [6, 6.07) is 20.5. The number of halogens is 1. The first-order valence-corrected chi connectivity index (χ1v) is 11.9. The van der Waals surface area contributed by atoms with E-state index in [1.54, 1.807) is 23.6 Å². The van der Waals surface area contributed by atoms with Gasteiger partial charge in [0.1, 0.15) is 5.75 Å². The van der Waals surface area contributed by atoms with E-state index in [0.29, 0.717) is 45.6 Å². The molecule has 0 unspecified atom stereocenters. The lowest BCUT2D eigenvalue weighted by molar-refractivity contribution is 0.240. The number of fused-ring (bicyclic) bond motifs is 3. The number of para-hydroxylation sites is 2. The maximum atomic E-state index is 13.0. The number of rotatable bonds is 8. The molecule has 0 amide bonds. The second kappa shape index (κ2) is 9.75. The SMILES string of the molecule is COc1cc(C=c2sc3nc4ccccc4n3c2=O)ccc1OCCCOc1ccc(Cl)cc1. The van der Waals surface area contributed by atoms with Crippen LogP contribution in [0.4, 0.5) is 0 Å². The summed E-state index contributed by atoms with van der Waals surface area (Å²) in [5, 5.41) is 0.678. The van der Waals surface area contributed by atoms with E-state index in [9.17, 15) is 4.79 Å². The minimum absolute atomic E-state index is 0.0753. The van der Waals surface area contributed by atoms with Crippen LogP contribution in [0.5, 0.6) is 17.2 Å². The minimum Gasteiger partial charge on any atom is -0.493 e. The molecule has 5 rings (SSSR count). The molecule has 2 heterocycles. The lowest BCUT2D eigenvalue weighted by atomic mass is 10.2. The number of hydrogen-bond acceptors (Lipinski definition) is 6. The third kappa shape index (κ3) is 4.58. The van der Waals surface area contributed by atoms with Crippen molar-refractivity contribution in [1.29, 1.82) is 0 Å². The summed E-state index contributed by atoms with van der Waals surface area (Å²) >= 11 is 7.25. The highest BCUT2D eigenvalue weighted by molar-refractivity contribution is 7.15. The molecule has 0 bridgehead atoms. The third-order valence-electron chi connectivity index (χ3n) is 5.26. The van der Waals surface area contributed by atoms with Crippen LogP contribution in [0.3, 0.4) is 0 Å². The summed E-state index contributed by atoms with van der Waals surface area (Å²) in [7, 11) is 1.60. The Balaban J connectivity index is 1.28. The van der Waals surface area contributed by atoms with Gasteiger partial charge >= 0.3 is 0 Å². The molecule has 5 aromatic rings. The maximum absolute atomic E-state index is 13.0. The van der Waals surface area contributed by atoms with Gasteiger partial charge in [-0.05, 0) is 60.2 Å². The Morgan fingerprint density at radius 3 is 2.62 bits per heavy atom. The molecule has 0 radical (unpaired) electrons. The van der Waals surface area contributed by atoms with Crippen molar-refractivity contribution in [3.8, 4) is 17.2 Å². The standard InChI is InChI=1S/C26H21ClN2O4S/c1-31-23-15-17(7-12-22(23)33-14-4-13-32-19-10-8-18(27)9-11-19)16-24-25(30)29-21-6-3-2-5-20(21)28-26(29)34-24/h2-3,5-12,15-16H,4,13-14H2,1H3. The Bertz CT molecular complexity index is 1560. The molecule has 3 aromatic carbocycles. The summed E-state index contributed by atoms with van der Waals surface area (Å²) in [4.78, 5) is 18.2. The number of nitrogens with zero attached hydrogens (tertiary/aromatic N) is 2. The van der Waals surface area contributed by atoms with E-state index in [1.807, 2.05) is 60.7 Å². The van der Waals surface area contributed by atoms with Gasteiger partial charge < -0.3 is 14.2 Å². The molecule has 34 heavy (non-hydrogen) atoms. The Labute approximate surface area is 204 Å². The van der Waals surface area contributed by atoms with Crippen LogP contribution in [-0.2, 0) is 0 Å². The van der Waals surface area contributed by atoms with E-state index in [1.165, 1.54) is 11.3 Å². The Morgan fingerprint density at radius 2 is 1.79 bits per heavy atom. The summed E-state index contributed by atoms with van der Waals surface area (Å²) in [6.07, 6.45) is 2.56. The van der Waals surface area contributed by atoms with Crippen LogP contribution in [-0.4, -0.2) is 29.7 Å². The third-order valence-corrected chi connectivity index (χ3v) is 6.48. The molecule has 8 heteroatoms. The Morgan fingerprint density at radius 1 is 1.00 bits per heavy atom. The highest BCUT2D eigenvalue weighted by Gasteiger charge is 2.11. The van der Waals surface area contributed by atoms with Crippen LogP contribution in [0.25, 0.3) is 22.1 Å². The maximum Gasteiger partial charge on any atom is 0.274 e. The fraction of sp³-hybridized carbons (Fsp3) is 0.154. The van der Waals surface area contributed by atoms with Crippen molar-refractivity contribution >= 4 is 45.0 Å². The summed E-state index contributed by atoms with van der Waals surface area (Å²) < 4.78 is 19.4. The molecule has 0 fully saturated rings. The number of methoxy groups -OCH3 is 1. The van der Waals surface area contributed by atoms with Crippen molar-refractivity contribution in [2.24, 2.45) is 0 Å². The van der Waals surface area contributed by atoms with Crippen LogP contribution in [0, 0.1) is 0 Å². The molecular formula is C26H21ClN2O4S. The first kappa shape index (κ1) is 22.3. The number of hydrogen-bond donors (Lipinski definition) is 0. The molecule has 0 aliphatic rings. The Kier molecular flexibility index (Phi) is 6.38. The zero-order chi connectivity index (χ0) is 23.5. The molecule has 0 saturated heterocycles. The lowest BCUT2D eigenvalue weighted by Gasteiger charge is -2.12. The van der Waals surface area contributed by atoms with E-state index in [-0.39, 0.29) is 5.56 Å². The van der Waals surface area contributed by atoms with Crippen molar-refractivity contribution in [3.63, 3.8) is 0 Å². The van der Waals surface area contributed by atoms with Crippen LogP contribution < -0.4 is 24.3 Å². The molecule has 0 spiro atoms. The van der Waals surface area contributed by atoms with Gasteiger partial charge in [0, 0.05) is 11.4 Å². The van der Waals surface area contributed by atoms with Gasteiger partial charge in [-0.3, -0.25) is 4.79 Å². The number of imidazole rings is 1. The minimum atomic E-state index is -0.0753. The fourth-order valence-electron chi connectivity index (χ4n) is 3.62. The van der Waals surface area contributed by atoms with Crippen molar-refractivity contribution in [2.45, 2.75) is 6.42 Å². The highest BCUT2D eigenvalue weighted by atomic mass is 35.5. The second-order valence-electron chi connectivity index (χ2n) is 7.55. The lowest BCUT2D eigenvalue weighted by Crippen LogP contribution is -2.22. The average Bonchev–Trinajstić information content (AvgIpc) is 3.36. The zero-order valence-corrected chi connectivity index (χ0v) is 19.9. The molecule has 0 aliphatic heterocycles. The van der Waals surface area contributed by atoms with Gasteiger partial charge in [-0.2, -0.15) is 0 Å². The van der Waals surface area contributed by atoms with Gasteiger partial charge in [0.05, 0.1) is 35.9 Å². The van der Waals surface area contributed by atoms with Crippen LogP contribution in [0.2, 0.25) is 5.02 Å². The van der Waals surface area contributed by atoms with Gasteiger partial charge in [-0.15, -0.1) is 0 Å². The largest absolute Gasteiger partial charge is 0.493 e. The van der Waals surface area contributed by atoms with E-state index < -0.39 is 0 Å². The number of thiazole rings is 1. The molecule has 0 atom stereocenters. The topological polar surface area (TPSA) is 62.1 Å². The van der Waals surface area contributed by atoms with Crippen molar-refractivity contribution < 1.29 is 14.2 Å². The summed E-state index contributed by atoms with van der Waals surface area (Å²) in [6.45, 7) is 1.00. The summed E-state index contributed by atoms with van der Waals surface area (Å²) in [5.74, 6) is 2.01. The van der Waals surface area contributed by atoms with Gasteiger partial charge in [0.2, 0.25) is 0 Å². The van der Waals surface area contributed by atoms with Crippen molar-refractivity contribution in [3.05, 3.63) is 92.2 Å². The number of benzene rings is 3. The zero-order valence-electron chi connectivity index (χ0n) is 18.4. The predicted octanol–water partition coefficient (Wildman–Crippen LogP) is 4.97. The van der Waals surface area contributed by atoms with Gasteiger partial charge in [-0.25, -0.2) is 9.38 Å². The van der Waals surface area contributed by atoms with Crippen molar-refractivity contribution in [2.75, 3.05) is 20.3 Å². The molecule has 2 aromatic heterocycles. The quantitative estimate of drug-likeness (QED) is 0.286. The van der Waals surface area contributed by atoms with E-state index in [4.69, 9.17) is 25.8 Å². The fourth-order valence-corrected chi connectivity index (χ4v) is 4.73. The van der Waals surface area contributed by atoms with Gasteiger partial charge in [0.15, 0.2) is 16.5 Å². The van der Waals surface area contributed by atoms with Crippen LogP contribution in [0.15, 0.2) is 71.5 Å².